The topological polar surface area (TPSA) is 72.2 Å². The van der Waals surface area contributed by atoms with Crippen LogP contribution in [0, 0.1) is 6.92 Å². The Morgan fingerprint density at radius 1 is 1.24 bits per heavy atom. The highest BCUT2D eigenvalue weighted by Crippen LogP contribution is 2.26. The Morgan fingerprint density at radius 2 is 2.05 bits per heavy atom. The second-order valence-electron chi connectivity index (χ2n) is 4.50. The fraction of sp³-hybridized carbons (Fsp3) is 0.0714. The van der Waals surface area contributed by atoms with E-state index in [9.17, 15) is 8.42 Å². The predicted molar refractivity (Wildman–Crippen MR) is 81.0 cm³/mol. The maximum absolute atomic E-state index is 12.4. The molecule has 7 heteroatoms. The highest BCUT2D eigenvalue weighted by Gasteiger charge is 2.17. The molecule has 0 saturated carbocycles. The molecule has 0 amide bonds. The summed E-state index contributed by atoms with van der Waals surface area (Å²) < 4.78 is 32.5. The Labute approximate surface area is 126 Å². The molecule has 3 aromatic rings. The average molecular weight is 323 g/mol. The van der Waals surface area contributed by atoms with Gasteiger partial charge in [0, 0.05) is 11.1 Å². The largest absolute Gasteiger partial charge is 0.443 e. The lowest BCUT2D eigenvalue weighted by Crippen LogP contribution is -2.13. The molecule has 1 N–H and O–H groups in total. The summed E-state index contributed by atoms with van der Waals surface area (Å²) in [6.45, 7) is 1.75. The van der Waals surface area contributed by atoms with Crippen molar-refractivity contribution in [1.82, 2.24) is 4.98 Å². The van der Waals surface area contributed by atoms with E-state index >= 15 is 0 Å². The van der Waals surface area contributed by atoms with Gasteiger partial charge in [-0.1, -0.05) is 17.7 Å². The van der Waals surface area contributed by atoms with Gasteiger partial charge >= 0.3 is 0 Å². The molecule has 1 aromatic heterocycles. The van der Waals surface area contributed by atoms with Gasteiger partial charge in [-0.3, -0.25) is 4.72 Å². The third kappa shape index (κ3) is 2.59. The maximum atomic E-state index is 12.4. The van der Waals surface area contributed by atoms with Crippen molar-refractivity contribution < 1.29 is 12.8 Å². The minimum atomic E-state index is -3.72. The summed E-state index contributed by atoms with van der Waals surface area (Å²) in [5, 5.41) is 0.501. The fourth-order valence-corrected chi connectivity index (χ4v) is 3.24. The Kier molecular flexibility index (Phi) is 3.35. The first-order valence-corrected chi connectivity index (χ1v) is 7.95. The first-order valence-electron chi connectivity index (χ1n) is 6.08. The van der Waals surface area contributed by atoms with Crippen LogP contribution >= 0.6 is 11.6 Å². The molecule has 2 aromatic carbocycles. The molecule has 5 nitrogen and oxygen atoms in total. The Bertz CT molecular complexity index is 919. The Hall–Kier alpha value is -2.05. The molecule has 0 fully saturated rings. The molecule has 3 rings (SSSR count). The van der Waals surface area contributed by atoms with E-state index in [1.54, 1.807) is 31.2 Å². The molecular weight excluding hydrogens is 312 g/mol. The SMILES string of the molecule is Cc1c(Cl)cccc1NS(=O)(=O)c1ccc2ncoc2c1. The molecule has 0 spiro atoms. The van der Waals surface area contributed by atoms with Crippen molar-refractivity contribution in [3.8, 4) is 0 Å². The summed E-state index contributed by atoms with van der Waals surface area (Å²) in [7, 11) is -3.72. The van der Waals surface area contributed by atoms with Gasteiger partial charge in [-0.05, 0) is 36.8 Å². The first-order chi connectivity index (χ1) is 9.97. The van der Waals surface area contributed by atoms with Crippen LogP contribution in [-0.4, -0.2) is 13.4 Å². The predicted octanol–water partition coefficient (Wildman–Crippen LogP) is 3.59. The smallest absolute Gasteiger partial charge is 0.262 e. The minimum absolute atomic E-state index is 0.103. The molecule has 0 aliphatic heterocycles. The zero-order valence-electron chi connectivity index (χ0n) is 11.0. The van der Waals surface area contributed by atoms with Crippen LogP contribution in [0.2, 0.25) is 5.02 Å². The molecule has 0 aliphatic rings. The lowest BCUT2D eigenvalue weighted by Gasteiger charge is -2.11. The molecule has 1 heterocycles. The number of halogens is 1. The van der Waals surface area contributed by atoms with Gasteiger partial charge in [0.2, 0.25) is 0 Å². The van der Waals surface area contributed by atoms with Crippen LogP contribution in [-0.2, 0) is 10.0 Å². The molecule has 0 saturated heterocycles. The summed E-state index contributed by atoms with van der Waals surface area (Å²) in [5.74, 6) is 0. The van der Waals surface area contributed by atoms with E-state index in [4.69, 9.17) is 16.0 Å². The van der Waals surface area contributed by atoms with Gasteiger partial charge in [0.1, 0.15) is 5.52 Å². The molecule has 21 heavy (non-hydrogen) atoms. The summed E-state index contributed by atoms with van der Waals surface area (Å²) in [6.07, 6.45) is 1.27. The first kappa shape index (κ1) is 13.9. The van der Waals surface area contributed by atoms with Crippen molar-refractivity contribution in [2.75, 3.05) is 4.72 Å². The molecule has 0 unspecified atom stereocenters. The van der Waals surface area contributed by atoms with Gasteiger partial charge in [-0.15, -0.1) is 0 Å². The lowest BCUT2D eigenvalue weighted by atomic mass is 10.2. The highest BCUT2D eigenvalue weighted by atomic mass is 35.5. The van der Waals surface area contributed by atoms with E-state index in [-0.39, 0.29) is 4.90 Å². The third-order valence-corrected chi connectivity index (χ3v) is 4.90. The molecule has 0 radical (unpaired) electrons. The number of hydrogen-bond acceptors (Lipinski definition) is 4. The minimum Gasteiger partial charge on any atom is -0.443 e. The van der Waals surface area contributed by atoms with E-state index < -0.39 is 10.0 Å². The Balaban J connectivity index is 2.01. The van der Waals surface area contributed by atoms with Gasteiger partial charge in [-0.25, -0.2) is 13.4 Å². The van der Waals surface area contributed by atoms with Gasteiger partial charge in [0.15, 0.2) is 12.0 Å². The summed E-state index contributed by atoms with van der Waals surface area (Å²) in [5.41, 5.74) is 2.14. The summed E-state index contributed by atoms with van der Waals surface area (Å²) >= 11 is 5.99. The molecule has 0 aliphatic carbocycles. The normalized spacial score (nSPS) is 11.7. The van der Waals surface area contributed by atoms with Crippen molar-refractivity contribution in [3.63, 3.8) is 0 Å². The zero-order chi connectivity index (χ0) is 15.0. The monoisotopic (exact) mass is 322 g/mol. The number of oxazole rings is 1. The van der Waals surface area contributed by atoms with Gasteiger partial charge in [0.25, 0.3) is 10.0 Å². The van der Waals surface area contributed by atoms with Crippen molar-refractivity contribution in [2.24, 2.45) is 0 Å². The standard InChI is InChI=1S/C14H11ClN2O3S/c1-9-11(15)3-2-4-12(9)17-21(18,19)10-5-6-13-14(7-10)20-8-16-13/h2-8,17H,1H3. The number of benzene rings is 2. The number of hydrogen-bond donors (Lipinski definition) is 1. The Morgan fingerprint density at radius 3 is 2.86 bits per heavy atom. The van der Waals surface area contributed by atoms with Gasteiger partial charge in [-0.2, -0.15) is 0 Å². The number of fused-ring (bicyclic) bond motifs is 1. The average Bonchev–Trinajstić information content (AvgIpc) is 2.91. The summed E-state index contributed by atoms with van der Waals surface area (Å²) in [4.78, 5) is 4.06. The highest BCUT2D eigenvalue weighted by molar-refractivity contribution is 7.92. The second kappa shape index (κ2) is 5.05. The second-order valence-corrected chi connectivity index (χ2v) is 6.59. The third-order valence-electron chi connectivity index (χ3n) is 3.13. The van der Waals surface area contributed by atoms with Crippen molar-refractivity contribution >= 4 is 38.4 Å². The van der Waals surface area contributed by atoms with Crippen molar-refractivity contribution in [3.05, 3.63) is 53.4 Å². The number of anilines is 1. The van der Waals surface area contributed by atoms with Crippen molar-refractivity contribution in [1.29, 1.82) is 0 Å². The fourth-order valence-electron chi connectivity index (χ4n) is 1.92. The van der Waals surface area contributed by atoms with Crippen LogP contribution < -0.4 is 4.72 Å². The molecular formula is C14H11ClN2O3S. The molecule has 0 atom stereocenters. The zero-order valence-corrected chi connectivity index (χ0v) is 12.6. The summed E-state index contributed by atoms with van der Waals surface area (Å²) in [6, 6.07) is 9.56. The quantitative estimate of drug-likeness (QED) is 0.799. The van der Waals surface area contributed by atoms with E-state index in [2.05, 4.69) is 9.71 Å². The van der Waals surface area contributed by atoms with Crippen LogP contribution in [0.5, 0.6) is 0 Å². The lowest BCUT2D eigenvalue weighted by molar-refractivity contribution is 0.594. The maximum Gasteiger partial charge on any atom is 0.262 e. The number of aromatic nitrogens is 1. The van der Waals surface area contributed by atoms with Gasteiger partial charge in [0.05, 0.1) is 10.6 Å². The van der Waals surface area contributed by atoms with Gasteiger partial charge < -0.3 is 4.42 Å². The van der Waals surface area contributed by atoms with E-state index in [1.807, 2.05) is 0 Å². The van der Waals surface area contributed by atoms with Crippen LogP contribution in [0.3, 0.4) is 0 Å². The number of nitrogens with one attached hydrogen (secondary N) is 1. The number of sulfonamides is 1. The van der Waals surface area contributed by atoms with Crippen LogP contribution in [0.1, 0.15) is 5.56 Å². The molecule has 0 bridgehead atoms. The molecule has 108 valence electrons. The van der Waals surface area contributed by atoms with Crippen LogP contribution in [0.25, 0.3) is 11.1 Å². The van der Waals surface area contributed by atoms with Crippen LogP contribution in [0.4, 0.5) is 5.69 Å². The number of rotatable bonds is 3. The number of nitrogens with zero attached hydrogens (tertiary/aromatic N) is 1. The van der Waals surface area contributed by atoms with E-state index in [0.717, 1.165) is 0 Å². The van der Waals surface area contributed by atoms with Crippen molar-refractivity contribution in [2.45, 2.75) is 11.8 Å². The van der Waals surface area contributed by atoms with E-state index in [0.29, 0.717) is 27.4 Å². The van der Waals surface area contributed by atoms with Crippen LogP contribution in [0.15, 0.2) is 52.1 Å². The van der Waals surface area contributed by atoms with E-state index in [1.165, 1.54) is 18.5 Å².